The molecule has 2 atom stereocenters. The predicted molar refractivity (Wildman–Crippen MR) is 229 cm³/mol. The Morgan fingerprint density at radius 1 is 0.847 bits per heavy atom. The normalized spacial score (nSPS) is 17.3. The van der Waals surface area contributed by atoms with Gasteiger partial charge in [-0.3, -0.25) is 4.98 Å². The van der Waals surface area contributed by atoms with Crippen LogP contribution in [0, 0.1) is 0 Å². The fourth-order valence-corrected chi connectivity index (χ4v) is 6.07. The summed E-state index contributed by atoms with van der Waals surface area (Å²) in [6.07, 6.45) is 4.91. The standard InChI is InChI=1S/C14H16O5S.C8H10O2S.C7H10N2.C7H14N2.C6H8O4/c1-10(2)13(16)18-8-12(15)19-14(5-6-17-9-14)11-4-3-7-20-11;9-8(3-4-10-6-8)7-2-1-5-11-7;1-9(2)7-3-5-8-6-4-7;1-6(2)8-5-9-7(3)4;1-4(2)6(9)10-3-5(7)8/h3-4,7H,1,5-6,8-9H2,2H3;1-2,5,9H,3-4,6H2;3-6H,1-2H3;6-7H,1-4H3;1,3H2,2H3,(H,7,8). The molecule has 0 spiro atoms. The van der Waals surface area contributed by atoms with Crippen LogP contribution < -0.4 is 4.90 Å². The highest BCUT2D eigenvalue weighted by molar-refractivity contribution is 7.10. The lowest BCUT2D eigenvalue weighted by Crippen LogP contribution is -2.34. The number of carboxylic acid groups (broad SMARTS) is 1. The van der Waals surface area contributed by atoms with E-state index in [2.05, 4.69) is 38.9 Å². The van der Waals surface area contributed by atoms with Crippen LogP contribution in [-0.2, 0) is 54.1 Å². The van der Waals surface area contributed by atoms with Gasteiger partial charge in [0.05, 0.1) is 42.8 Å². The van der Waals surface area contributed by atoms with Gasteiger partial charge in [-0.2, -0.15) is 0 Å². The first-order valence-electron chi connectivity index (χ1n) is 18.6. The van der Waals surface area contributed by atoms with Crippen LogP contribution in [0.1, 0.15) is 64.1 Å². The van der Waals surface area contributed by atoms with E-state index in [4.69, 9.17) is 24.1 Å². The molecule has 59 heavy (non-hydrogen) atoms. The summed E-state index contributed by atoms with van der Waals surface area (Å²) in [5.41, 5.74) is 0.191. The van der Waals surface area contributed by atoms with Gasteiger partial charge in [0.25, 0.3) is 0 Å². The molecule has 2 saturated heterocycles. The van der Waals surface area contributed by atoms with Crippen molar-refractivity contribution in [3.8, 4) is 0 Å². The van der Waals surface area contributed by atoms with Gasteiger partial charge >= 0.3 is 23.9 Å². The van der Waals surface area contributed by atoms with Gasteiger partial charge in [0.1, 0.15) is 5.60 Å². The number of aliphatic imine (C=N–C) groups is 2. The number of hydrogen-bond donors (Lipinski definition) is 2. The van der Waals surface area contributed by atoms with E-state index in [1.807, 2.05) is 93.8 Å². The first-order valence-corrected chi connectivity index (χ1v) is 20.3. The van der Waals surface area contributed by atoms with Gasteiger partial charge in [-0.1, -0.05) is 25.3 Å². The first-order chi connectivity index (χ1) is 27.8. The molecule has 2 N–H and O–H groups in total. The number of carboxylic acids is 1. The number of carbonyl (C=O) groups excluding carboxylic acids is 3. The Hall–Kier alpha value is -5.03. The van der Waals surface area contributed by atoms with Crippen molar-refractivity contribution in [1.82, 2.24) is 4.98 Å². The molecule has 2 aliphatic rings. The number of pyridine rings is 1. The summed E-state index contributed by atoms with van der Waals surface area (Å²) in [6, 6.07) is 14.9. The van der Waals surface area contributed by atoms with Crippen LogP contribution in [0.5, 0.6) is 0 Å². The van der Waals surface area contributed by atoms with Crippen LogP contribution >= 0.6 is 22.7 Å². The third-order valence-corrected chi connectivity index (χ3v) is 9.52. The highest BCUT2D eigenvalue weighted by Gasteiger charge is 2.42. The Bertz CT molecular complexity index is 1770. The SMILES string of the molecule is C=C(C)C(=O)OCC(=O)O.C=C(C)C(=O)OCC(=O)OC1(c2cccs2)CCOC1.CC(C)N=C=NC(C)C.CN(C)c1ccncc1.OC1(c2cccs2)CCOC1. The van der Waals surface area contributed by atoms with Gasteiger partial charge in [-0.25, -0.2) is 29.2 Å². The zero-order chi connectivity index (χ0) is 44.4. The molecule has 3 aromatic heterocycles. The van der Waals surface area contributed by atoms with Crippen molar-refractivity contribution in [1.29, 1.82) is 0 Å². The Labute approximate surface area is 355 Å². The maximum atomic E-state index is 11.8. The van der Waals surface area contributed by atoms with Gasteiger partial charge in [-0.05, 0) is 76.6 Å². The average Bonchev–Trinajstić information content (AvgIpc) is 4.03. The molecule has 5 rings (SSSR count). The summed E-state index contributed by atoms with van der Waals surface area (Å²) in [7, 11) is 4.02. The smallest absolute Gasteiger partial charge is 0.345 e. The highest BCUT2D eigenvalue weighted by Crippen LogP contribution is 2.37. The molecule has 2 unspecified atom stereocenters. The van der Waals surface area contributed by atoms with Crippen molar-refractivity contribution in [3.63, 3.8) is 0 Å². The molecule has 0 amide bonds. The number of aliphatic carboxylic acids is 1. The number of aromatic nitrogens is 1. The number of ether oxygens (including phenoxy) is 5. The fraction of sp³-hybridized carbons (Fsp3) is 0.476. The topological polar surface area (TPSA) is 196 Å². The molecule has 0 aromatic carbocycles. The molecular weight excluding hydrogens is 801 g/mol. The maximum Gasteiger partial charge on any atom is 0.345 e. The van der Waals surface area contributed by atoms with Crippen LogP contribution in [0.15, 0.2) is 93.8 Å². The summed E-state index contributed by atoms with van der Waals surface area (Å²) in [6.45, 7) is 18.7. The summed E-state index contributed by atoms with van der Waals surface area (Å²) < 4.78 is 25.0. The Balaban J connectivity index is 0.000000387. The minimum Gasteiger partial charge on any atom is -0.479 e. The molecule has 17 heteroatoms. The molecule has 5 heterocycles. The van der Waals surface area contributed by atoms with E-state index in [9.17, 15) is 24.3 Å². The maximum absolute atomic E-state index is 11.8. The van der Waals surface area contributed by atoms with Crippen molar-refractivity contribution in [2.45, 2.75) is 77.7 Å². The lowest BCUT2D eigenvalue weighted by Gasteiger charge is -2.26. The van der Waals surface area contributed by atoms with Gasteiger partial charge in [-0.15, -0.1) is 22.7 Å². The van der Waals surface area contributed by atoms with Crippen LogP contribution in [-0.4, -0.2) is 111 Å². The van der Waals surface area contributed by atoms with Crippen molar-refractivity contribution in [3.05, 3.63) is 93.6 Å². The second-order valence-corrected chi connectivity index (χ2v) is 15.7. The van der Waals surface area contributed by atoms with Crippen LogP contribution in [0.25, 0.3) is 0 Å². The average molecular weight is 859 g/mol. The number of aliphatic hydroxyl groups is 1. The van der Waals surface area contributed by atoms with Gasteiger partial charge < -0.3 is 38.8 Å². The fourth-order valence-electron chi connectivity index (χ4n) is 4.35. The van der Waals surface area contributed by atoms with E-state index in [1.54, 1.807) is 23.7 Å². The second-order valence-electron chi connectivity index (χ2n) is 13.8. The molecule has 0 radical (unpaired) electrons. The van der Waals surface area contributed by atoms with Crippen molar-refractivity contribution in [2.24, 2.45) is 9.98 Å². The zero-order valence-electron chi connectivity index (χ0n) is 35.2. The molecule has 324 valence electrons. The summed E-state index contributed by atoms with van der Waals surface area (Å²) in [5.74, 6) is -3.04. The molecule has 0 bridgehead atoms. The quantitative estimate of drug-likeness (QED) is 0.0847. The molecule has 15 nitrogen and oxygen atoms in total. The Morgan fingerprint density at radius 2 is 1.36 bits per heavy atom. The van der Waals surface area contributed by atoms with Gasteiger partial charge in [0, 0.05) is 67.6 Å². The van der Waals surface area contributed by atoms with E-state index in [0.29, 0.717) is 44.9 Å². The van der Waals surface area contributed by atoms with E-state index in [1.165, 1.54) is 30.9 Å². The number of thiophene rings is 2. The number of hydrogen-bond acceptors (Lipinski definition) is 16. The van der Waals surface area contributed by atoms with Crippen molar-refractivity contribution < 1.29 is 53.1 Å². The number of carbonyl (C=O) groups is 4. The van der Waals surface area contributed by atoms with Crippen LogP contribution in [0.3, 0.4) is 0 Å². The summed E-state index contributed by atoms with van der Waals surface area (Å²) in [4.78, 5) is 59.2. The number of esters is 3. The zero-order valence-corrected chi connectivity index (χ0v) is 36.8. The second kappa shape index (κ2) is 27.6. The van der Waals surface area contributed by atoms with Crippen LogP contribution in [0.4, 0.5) is 5.69 Å². The molecule has 0 aliphatic carbocycles. The van der Waals surface area contributed by atoms with Crippen molar-refractivity contribution in [2.75, 3.05) is 58.6 Å². The molecule has 2 fully saturated rings. The van der Waals surface area contributed by atoms with Crippen molar-refractivity contribution >= 4 is 58.2 Å². The number of rotatable bonds is 12. The predicted octanol–water partition coefficient (Wildman–Crippen LogP) is 6.70. The van der Waals surface area contributed by atoms with Gasteiger partial charge in [0.2, 0.25) is 0 Å². The molecule has 2 aliphatic heterocycles. The lowest BCUT2D eigenvalue weighted by molar-refractivity contribution is -0.169. The van der Waals surface area contributed by atoms with E-state index in [0.717, 1.165) is 16.2 Å². The lowest BCUT2D eigenvalue weighted by atomic mass is 10.0. The first kappa shape index (κ1) is 52.0. The molecule has 3 aromatic rings. The summed E-state index contributed by atoms with van der Waals surface area (Å²) >= 11 is 3.10. The Kier molecular flexibility index (Phi) is 24.3. The number of nitrogens with zero attached hydrogens (tertiary/aromatic N) is 4. The monoisotopic (exact) mass is 858 g/mol. The summed E-state index contributed by atoms with van der Waals surface area (Å²) in [5, 5.41) is 21.9. The van der Waals surface area contributed by atoms with Gasteiger partial charge in [0.15, 0.2) is 18.8 Å². The highest BCUT2D eigenvalue weighted by atomic mass is 32.1. The third kappa shape index (κ3) is 21.5. The van der Waals surface area contributed by atoms with E-state index < -0.39 is 48.3 Å². The third-order valence-electron chi connectivity index (χ3n) is 7.40. The minimum absolute atomic E-state index is 0.196. The van der Waals surface area contributed by atoms with E-state index in [-0.39, 0.29) is 11.1 Å². The Morgan fingerprint density at radius 3 is 1.75 bits per heavy atom. The number of anilines is 1. The minimum atomic E-state index is -1.17. The van der Waals surface area contributed by atoms with E-state index >= 15 is 0 Å². The molecular formula is C42H58N4O11S2. The molecule has 0 saturated carbocycles. The van der Waals surface area contributed by atoms with Crippen LogP contribution in [0.2, 0.25) is 0 Å². The largest absolute Gasteiger partial charge is 0.479 e.